The predicted octanol–water partition coefficient (Wildman–Crippen LogP) is 3.28. The number of ether oxygens (including phenoxy) is 1. The molecule has 28 heavy (non-hydrogen) atoms. The second-order valence-electron chi connectivity index (χ2n) is 7.15. The Morgan fingerprint density at radius 2 is 2.00 bits per heavy atom. The number of anilines is 2. The molecule has 1 aliphatic heterocycles. The van der Waals surface area contributed by atoms with Gasteiger partial charge in [0, 0.05) is 51.0 Å². The van der Waals surface area contributed by atoms with Crippen molar-refractivity contribution in [1.29, 1.82) is 0 Å². The van der Waals surface area contributed by atoms with Gasteiger partial charge >= 0.3 is 5.69 Å². The van der Waals surface area contributed by atoms with Gasteiger partial charge < -0.3 is 14.5 Å². The largest absolute Gasteiger partial charge is 0.441 e. The summed E-state index contributed by atoms with van der Waals surface area (Å²) >= 11 is 0. The first kappa shape index (κ1) is 17.0. The summed E-state index contributed by atoms with van der Waals surface area (Å²) in [5, 5.41) is 3.31. The molecular formula is C20H21N5O3. The van der Waals surface area contributed by atoms with E-state index >= 15 is 0 Å². The standard InChI is InChI=1S/C20H21N5O3/c1-12-22-15-4-3-13(9-18(15)28-12)23-19-10-16-17(11-21-19)24(2)20(26)25(16)14-5-7-27-8-6-14/h3-4,9-11,14H,5-8H2,1-2H3,(H,21,23). The van der Waals surface area contributed by atoms with E-state index in [2.05, 4.69) is 15.3 Å². The summed E-state index contributed by atoms with van der Waals surface area (Å²) < 4.78 is 14.6. The summed E-state index contributed by atoms with van der Waals surface area (Å²) in [5.41, 5.74) is 4.09. The first-order valence-corrected chi connectivity index (χ1v) is 9.39. The minimum Gasteiger partial charge on any atom is -0.441 e. The second-order valence-corrected chi connectivity index (χ2v) is 7.15. The molecule has 1 fully saturated rings. The quantitative estimate of drug-likeness (QED) is 0.588. The first-order valence-electron chi connectivity index (χ1n) is 9.39. The van der Waals surface area contributed by atoms with E-state index in [4.69, 9.17) is 9.15 Å². The maximum atomic E-state index is 12.8. The number of nitrogens with one attached hydrogen (secondary N) is 1. The molecule has 0 unspecified atom stereocenters. The number of aryl methyl sites for hydroxylation is 2. The highest BCUT2D eigenvalue weighted by Crippen LogP contribution is 2.27. The Kier molecular flexibility index (Phi) is 3.94. The van der Waals surface area contributed by atoms with Crippen molar-refractivity contribution in [2.45, 2.75) is 25.8 Å². The van der Waals surface area contributed by atoms with Crippen LogP contribution in [0.25, 0.3) is 22.1 Å². The molecule has 4 heterocycles. The van der Waals surface area contributed by atoms with Gasteiger partial charge in [-0.2, -0.15) is 0 Å². The van der Waals surface area contributed by atoms with Crippen molar-refractivity contribution in [3.8, 4) is 0 Å². The highest BCUT2D eigenvalue weighted by Gasteiger charge is 2.22. The lowest BCUT2D eigenvalue weighted by Gasteiger charge is -2.23. The Bertz CT molecular complexity index is 1230. The van der Waals surface area contributed by atoms with Gasteiger partial charge in [0.2, 0.25) is 0 Å². The maximum Gasteiger partial charge on any atom is 0.329 e. The summed E-state index contributed by atoms with van der Waals surface area (Å²) in [7, 11) is 1.79. The van der Waals surface area contributed by atoms with Crippen LogP contribution in [0.2, 0.25) is 0 Å². The van der Waals surface area contributed by atoms with Crippen LogP contribution in [0.1, 0.15) is 24.8 Å². The Morgan fingerprint density at radius 1 is 1.18 bits per heavy atom. The third-order valence-electron chi connectivity index (χ3n) is 5.30. The van der Waals surface area contributed by atoms with Gasteiger partial charge in [-0.3, -0.25) is 9.13 Å². The zero-order chi connectivity index (χ0) is 19.3. The number of fused-ring (bicyclic) bond motifs is 2. The normalized spacial score (nSPS) is 15.5. The fourth-order valence-electron chi connectivity index (χ4n) is 3.89. The van der Waals surface area contributed by atoms with Crippen LogP contribution in [0.3, 0.4) is 0 Å². The van der Waals surface area contributed by atoms with Gasteiger partial charge in [0.25, 0.3) is 0 Å². The zero-order valence-electron chi connectivity index (χ0n) is 15.8. The number of oxazole rings is 1. The summed E-state index contributed by atoms with van der Waals surface area (Å²) in [5.74, 6) is 1.31. The molecule has 0 amide bonds. The van der Waals surface area contributed by atoms with Gasteiger partial charge in [0.15, 0.2) is 11.5 Å². The van der Waals surface area contributed by atoms with E-state index in [9.17, 15) is 4.79 Å². The SMILES string of the molecule is Cc1nc2ccc(Nc3cc4c(cn3)n(C)c(=O)n4C3CCOCC3)cc2o1. The molecule has 8 nitrogen and oxygen atoms in total. The molecule has 1 saturated heterocycles. The van der Waals surface area contributed by atoms with Crippen LogP contribution >= 0.6 is 0 Å². The van der Waals surface area contributed by atoms with Crippen molar-refractivity contribution in [3.63, 3.8) is 0 Å². The van der Waals surface area contributed by atoms with Crippen LogP contribution < -0.4 is 11.0 Å². The molecule has 0 radical (unpaired) electrons. The fraction of sp³-hybridized carbons (Fsp3) is 0.350. The highest BCUT2D eigenvalue weighted by molar-refractivity contribution is 5.81. The Hall–Kier alpha value is -3.13. The summed E-state index contributed by atoms with van der Waals surface area (Å²) in [6.45, 7) is 3.19. The van der Waals surface area contributed by atoms with Crippen molar-refractivity contribution in [1.82, 2.24) is 19.1 Å². The molecule has 0 atom stereocenters. The lowest BCUT2D eigenvalue weighted by molar-refractivity contribution is 0.0696. The monoisotopic (exact) mass is 379 g/mol. The molecule has 1 aliphatic rings. The smallest absolute Gasteiger partial charge is 0.329 e. The Morgan fingerprint density at radius 3 is 2.82 bits per heavy atom. The van der Waals surface area contributed by atoms with Crippen molar-refractivity contribution in [2.24, 2.45) is 7.05 Å². The van der Waals surface area contributed by atoms with Crippen LogP contribution in [-0.2, 0) is 11.8 Å². The van der Waals surface area contributed by atoms with E-state index in [-0.39, 0.29) is 11.7 Å². The summed E-state index contributed by atoms with van der Waals surface area (Å²) in [4.78, 5) is 21.6. The summed E-state index contributed by atoms with van der Waals surface area (Å²) in [6.07, 6.45) is 3.42. The lowest BCUT2D eigenvalue weighted by Crippen LogP contribution is -2.29. The van der Waals surface area contributed by atoms with Crippen molar-refractivity contribution < 1.29 is 9.15 Å². The number of hydrogen-bond donors (Lipinski definition) is 1. The van der Waals surface area contributed by atoms with Crippen LogP contribution in [-0.4, -0.2) is 32.3 Å². The van der Waals surface area contributed by atoms with Crippen LogP contribution in [0.5, 0.6) is 0 Å². The number of pyridine rings is 1. The van der Waals surface area contributed by atoms with Gasteiger partial charge in [-0.15, -0.1) is 0 Å². The van der Waals surface area contributed by atoms with Crippen LogP contribution in [0.15, 0.2) is 39.7 Å². The highest BCUT2D eigenvalue weighted by atomic mass is 16.5. The number of rotatable bonds is 3. The molecule has 0 aliphatic carbocycles. The van der Waals surface area contributed by atoms with E-state index in [0.29, 0.717) is 24.9 Å². The predicted molar refractivity (Wildman–Crippen MR) is 106 cm³/mol. The number of nitrogens with zero attached hydrogens (tertiary/aromatic N) is 4. The van der Waals surface area contributed by atoms with Crippen LogP contribution in [0, 0.1) is 6.92 Å². The van der Waals surface area contributed by atoms with Gasteiger partial charge in [0.05, 0.1) is 17.2 Å². The molecule has 0 bridgehead atoms. The van der Waals surface area contributed by atoms with E-state index in [1.54, 1.807) is 17.8 Å². The molecular weight excluding hydrogens is 358 g/mol. The van der Waals surface area contributed by atoms with Gasteiger partial charge in [-0.25, -0.2) is 14.8 Å². The Labute approximate surface area is 160 Å². The van der Waals surface area contributed by atoms with E-state index in [1.165, 1.54) is 0 Å². The third kappa shape index (κ3) is 2.77. The first-order chi connectivity index (χ1) is 13.6. The molecule has 0 spiro atoms. The average Bonchev–Trinajstić information content (AvgIpc) is 3.19. The van der Waals surface area contributed by atoms with Crippen LogP contribution in [0.4, 0.5) is 11.5 Å². The van der Waals surface area contributed by atoms with Gasteiger partial charge in [-0.1, -0.05) is 0 Å². The van der Waals surface area contributed by atoms with Gasteiger partial charge in [-0.05, 0) is 25.0 Å². The van der Waals surface area contributed by atoms with Gasteiger partial charge in [0.1, 0.15) is 11.3 Å². The van der Waals surface area contributed by atoms with E-state index < -0.39 is 0 Å². The number of aromatic nitrogens is 4. The number of benzene rings is 1. The average molecular weight is 379 g/mol. The minimum absolute atomic E-state index is 0.0144. The maximum absolute atomic E-state index is 12.8. The topological polar surface area (TPSA) is 87.1 Å². The molecule has 3 aromatic heterocycles. The van der Waals surface area contributed by atoms with Crippen molar-refractivity contribution in [2.75, 3.05) is 18.5 Å². The third-order valence-corrected chi connectivity index (χ3v) is 5.30. The second kappa shape index (κ2) is 6.49. The molecule has 144 valence electrons. The molecule has 1 aromatic carbocycles. The zero-order valence-corrected chi connectivity index (χ0v) is 15.8. The van der Waals surface area contributed by atoms with E-state index in [1.807, 2.05) is 35.8 Å². The fourth-order valence-corrected chi connectivity index (χ4v) is 3.89. The Balaban J connectivity index is 1.55. The van der Waals surface area contributed by atoms with Crippen molar-refractivity contribution in [3.05, 3.63) is 46.8 Å². The number of imidazole rings is 1. The van der Waals surface area contributed by atoms with E-state index in [0.717, 1.165) is 40.7 Å². The lowest BCUT2D eigenvalue weighted by atomic mass is 10.1. The molecule has 5 rings (SSSR count). The number of hydrogen-bond acceptors (Lipinski definition) is 6. The molecule has 8 heteroatoms. The molecule has 1 N–H and O–H groups in total. The summed E-state index contributed by atoms with van der Waals surface area (Å²) in [6, 6.07) is 7.83. The molecule has 0 saturated carbocycles. The van der Waals surface area contributed by atoms with Crippen molar-refractivity contribution >= 4 is 33.6 Å². The minimum atomic E-state index is -0.0144. The molecule has 4 aromatic rings.